The van der Waals surface area contributed by atoms with Crippen molar-refractivity contribution in [2.45, 2.75) is 30.8 Å². The number of hydrogen-bond donors (Lipinski definition) is 6. The minimum Gasteiger partial charge on any atom is -0.396 e. The molecule has 13 heavy (non-hydrogen) atoms. The summed E-state index contributed by atoms with van der Waals surface area (Å²) in [7, 11) is 0. The van der Waals surface area contributed by atoms with Crippen LogP contribution in [0.3, 0.4) is 0 Å². The fourth-order valence-electron chi connectivity index (χ4n) is 1.36. The van der Waals surface area contributed by atoms with Gasteiger partial charge in [0.05, 0.1) is 18.2 Å². The first-order valence-corrected chi connectivity index (χ1v) is 4.30. The van der Waals surface area contributed by atoms with Crippen molar-refractivity contribution >= 4 is 0 Å². The molecule has 0 radical (unpaired) electrons. The topological polar surface area (TPSA) is 105 Å². The van der Waals surface area contributed by atoms with Gasteiger partial charge in [0.15, 0.2) is 0 Å². The first-order valence-electron chi connectivity index (χ1n) is 4.30. The third-order valence-corrected chi connectivity index (χ3v) is 2.18. The van der Waals surface area contributed by atoms with Crippen molar-refractivity contribution in [2.75, 3.05) is 13.2 Å². The van der Waals surface area contributed by atoms with Crippen LogP contribution in [0.5, 0.6) is 0 Å². The van der Waals surface area contributed by atoms with E-state index in [9.17, 15) is 15.3 Å². The summed E-state index contributed by atoms with van der Waals surface area (Å²) in [4.78, 5) is 0. The highest BCUT2D eigenvalue weighted by Crippen LogP contribution is 2.09. The maximum atomic E-state index is 9.44. The Morgan fingerprint density at radius 3 is 2.69 bits per heavy atom. The number of hydrogen-bond acceptors (Lipinski definition) is 6. The Balaban J connectivity index is 2.46. The van der Waals surface area contributed by atoms with Crippen molar-refractivity contribution in [3.8, 4) is 0 Å². The van der Waals surface area contributed by atoms with Crippen LogP contribution in [0, 0.1) is 0 Å². The van der Waals surface area contributed by atoms with E-state index in [0.29, 0.717) is 0 Å². The Morgan fingerprint density at radius 2 is 2.08 bits per heavy atom. The van der Waals surface area contributed by atoms with Crippen LogP contribution in [0.15, 0.2) is 0 Å². The largest absolute Gasteiger partial charge is 0.396 e. The van der Waals surface area contributed by atoms with Crippen molar-refractivity contribution in [2.24, 2.45) is 0 Å². The molecule has 1 heterocycles. The monoisotopic (exact) mass is 192 g/mol. The van der Waals surface area contributed by atoms with Gasteiger partial charge in [-0.25, -0.2) is 5.43 Å². The zero-order valence-electron chi connectivity index (χ0n) is 7.22. The lowest BCUT2D eigenvalue weighted by atomic mass is 9.97. The normalized spacial score (nSPS) is 37.4. The summed E-state index contributed by atoms with van der Waals surface area (Å²) in [6.45, 7) is 0.0890. The van der Waals surface area contributed by atoms with Gasteiger partial charge in [-0.05, 0) is 6.42 Å². The Labute approximate surface area is 76.2 Å². The standard InChI is InChI=1S/C7H16N2O4/c10-2-1-4(11)6-7(13)5(12)3-8-9-6/h4-13H,1-3H2/t4-,5-,6-,7+/m1/s1. The molecule has 4 atom stereocenters. The first-order chi connectivity index (χ1) is 6.16. The molecule has 0 aliphatic carbocycles. The highest BCUT2D eigenvalue weighted by atomic mass is 16.3. The molecule has 1 rings (SSSR count). The molecule has 0 aromatic carbocycles. The molecule has 0 unspecified atom stereocenters. The van der Waals surface area contributed by atoms with Crippen molar-refractivity contribution in [1.29, 1.82) is 0 Å². The summed E-state index contributed by atoms with van der Waals surface area (Å²) in [5, 5.41) is 36.7. The van der Waals surface area contributed by atoms with Crippen LogP contribution in [-0.2, 0) is 0 Å². The van der Waals surface area contributed by atoms with E-state index in [1.165, 1.54) is 0 Å². The van der Waals surface area contributed by atoms with Crippen molar-refractivity contribution in [1.82, 2.24) is 10.9 Å². The van der Waals surface area contributed by atoms with Crippen molar-refractivity contribution < 1.29 is 20.4 Å². The summed E-state index contributed by atoms with van der Waals surface area (Å²) < 4.78 is 0. The molecule has 0 amide bonds. The summed E-state index contributed by atoms with van der Waals surface area (Å²) in [5.41, 5.74) is 5.32. The molecule has 6 N–H and O–H groups in total. The number of hydrazine groups is 1. The number of rotatable bonds is 3. The molecule has 1 fully saturated rings. The second-order valence-electron chi connectivity index (χ2n) is 3.19. The van der Waals surface area contributed by atoms with Gasteiger partial charge in [0.2, 0.25) is 0 Å². The summed E-state index contributed by atoms with van der Waals surface area (Å²) >= 11 is 0. The zero-order valence-corrected chi connectivity index (χ0v) is 7.22. The van der Waals surface area contributed by atoms with Gasteiger partial charge in [-0.15, -0.1) is 0 Å². The molecule has 0 bridgehead atoms. The van der Waals surface area contributed by atoms with Crippen LogP contribution >= 0.6 is 0 Å². The predicted molar refractivity (Wildman–Crippen MR) is 44.6 cm³/mol. The van der Waals surface area contributed by atoms with E-state index in [-0.39, 0.29) is 19.6 Å². The molecule has 6 heteroatoms. The van der Waals surface area contributed by atoms with Gasteiger partial charge in [0.25, 0.3) is 0 Å². The highest BCUT2D eigenvalue weighted by Gasteiger charge is 2.34. The maximum Gasteiger partial charge on any atom is 0.100 e. The Morgan fingerprint density at radius 1 is 1.38 bits per heavy atom. The van der Waals surface area contributed by atoms with Crippen LogP contribution in [0.25, 0.3) is 0 Å². The van der Waals surface area contributed by atoms with Crippen molar-refractivity contribution in [3.05, 3.63) is 0 Å². The van der Waals surface area contributed by atoms with Gasteiger partial charge >= 0.3 is 0 Å². The fourth-order valence-corrected chi connectivity index (χ4v) is 1.36. The average Bonchev–Trinajstić information content (AvgIpc) is 2.10. The maximum absolute atomic E-state index is 9.44. The molecule has 0 aromatic rings. The Bertz CT molecular complexity index is 157. The molecule has 1 aliphatic heterocycles. The molecule has 0 spiro atoms. The third kappa shape index (κ3) is 2.60. The van der Waals surface area contributed by atoms with Gasteiger partial charge in [-0.2, -0.15) is 0 Å². The van der Waals surface area contributed by atoms with Gasteiger partial charge in [-0.1, -0.05) is 0 Å². The summed E-state index contributed by atoms with van der Waals surface area (Å²) in [6, 6.07) is -0.643. The minimum atomic E-state index is -1.01. The van der Waals surface area contributed by atoms with E-state index in [2.05, 4.69) is 10.9 Å². The van der Waals surface area contributed by atoms with E-state index in [1.807, 2.05) is 0 Å². The van der Waals surface area contributed by atoms with Crippen LogP contribution in [0.4, 0.5) is 0 Å². The van der Waals surface area contributed by atoms with E-state index in [4.69, 9.17) is 5.11 Å². The predicted octanol–water partition coefficient (Wildman–Crippen LogP) is -3.07. The quantitative estimate of drug-likeness (QED) is 0.283. The molecule has 78 valence electrons. The second-order valence-corrected chi connectivity index (χ2v) is 3.19. The van der Waals surface area contributed by atoms with Crippen molar-refractivity contribution in [3.63, 3.8) is 0 Å². The first kappa shape index (κ1) is 10.8. The molecular weight excluding hydrogens is 176 g/mol. The van der Waals surface area contributed by atoms with Crippen LogP contribution in [0.2, 0.25) is 0 Å². The lowest BCUT2D eigenvalue weighted by molar-refractivity contribution is -0.0682. The zero-order chi connectivity index (χ0) is 9.84. The SMILES string of the molecule is OCC[C@@H](O)[C@H]1NNC[C@@H](O)[C@@H]1O. The lowest BCUT2D eigenvalue weighted by Gasteiger charge is -2.35. The lowest BCUT2D eigenvalue weighted by Crippen LogP contribution is -2.64. The van der Waals surface area contributed by atoms with Gasteiger partial charge < -0.3 is 20.4 Å². The highest BCUT2D eigenvalue weighted by molar-refractivity contribution is 4.90. The number of aliphatic hydroxyl groups is 4. The molecule has 0 saturated carbocycles. The second kappa shape index (κ2) is 4.85. The Hall–Kier alpha value is -0.240. The fraction of sp³-hybridized carbons (Fsp3) is 1.00. The van der Waals surface area contributed by atoms with Crippen LogP contribution in [0.1, 0.15) is 6.42 Å². The average molecular weight is 192 g/mol. The minimum absolute atomic E-state index is 0.151. The molecule has 6 nitrogen and oxygen atoms in total. The molecular formula is C7H16N2O4. The summed E-state index contributed by atoms with van der Waals surface area (Å²) in [5.74, 6) is 0. The Kier molecular flexibility index (Phi) is 4.04. The van der Waals surface area contributed by atoms with Gasteiger partial charge in [-0.3, -0.25) is 5.43 Å². The molecule has 0 aromatic heterocycles. The number of β-amino-alcohol motifs (C(OH)–C–C–N with tert-alkyl or cyclic N) is 1. The van der Waals surface area contributed by atoms with E-state index >= 15 is 0 Å². The summed E-state index contributed by atoms with van der Waals surface area (Å²) in [6.07, 6.45) is -2.60. The third-order valence-electron chi connectivity index (χ3n) is 2.18. The number of nitrogens with one attached hydrogen (secondary N) is 2. The van der Waals surface area contributed by atoms with E-state index in [1.54, 1.807) is 0 Å². The smallest absolute Gasteiger partial charge is 0.100 e. The van der Waals surface area contributed by atoms with Crippen LogP contribution < -0.4 is 10.9 Å². The van der Waals surface area contributed by atoms with Gasteiger partial charge in [0, 0.05) is 13.2 Å². The van der Waals surface area contributed by atoms with Crippen LogP contribution in [-0.4, -0.2) is 57.9 Å². The van der Waals surface area contributed by atoms with Gasteiger partial charge in [0.1, 0.15) is 6.10 Å². The number of aliphatic hydroxyl groups excluding tert-OH is 4. The molecule has 1 saturated heterocycles. The molecule has 1 aliphatic rings. The van der Waals surface area contributed by atoms with E-state index in [0.717, 1.165) is 0 Å². The van der Waals surface area contributed by atoms with E-state index < -0.39 is 24.4 Å².